The van der Waals surface area contributed by atoms with Crippen molar-refractivity contribution >= 4 is 29.3 Å². The van der Waals surface area contributed by atoms with Crippen molar-refractivity contribution in [2.75, 3.05) is 24.6 Å². The first-order chi connectivity index (χ1) is 13.0. The Labute approximate surface area is 163 Å². The molecule has 6 nitrogen and oxygen atoms in total. The van der Waals surface area contributed by atoms with Crippen LogP contribution in [0.4, 0.5) is 10.5 Å². The fraction of sp³-hybridized carbons (Fsp3) is 0.300. The zero-order chi connectivity index (χ0) is 19.2. The minimum absolute atomic E-state index is 0.125. The Bertz CT molecular complexity index is 793. The fourth-order valence-electron chi connectivity index (χ4n) is 2.81. The van der Waals surface area contributed by atoms with Crippen molar-refractivity contribution in [1.29, 1.82) is 0 Å². The molecule has 1 aliphatic rings. The summed E-state index contributed by atoms with van der Waals surface area (Å²) in [6.07, 6.45) is -0.561. The molecule has 1 heterocycles. The van der Waals surface area contributed by atoms with Gasteiger partial charge in [-0.1, -0.05) is 23.7 Å². The average Bonchev–Trinajstić information content (AvgIpc) is 3.03. The highest BCUT2D eigenvalue weighted by atomic mass is 35.5. The predicted molar refractivity (Wildman–Crippen MR) is 103 cm³/mol. The maximum absolute atomic E-state index is 12.1. The second-order valence-electron chi connectivity index (χ2n) is 6.15. The molecule has 0 aromatic heterocycles. The molecule has 7 heteroatoms. The lowest BCUT2D eigenvalue weighted by atomic mass is 10.1. The van der Waals surface area contributed by atoms with E-state index in [4.69, 9.17) is 21.1 Å². The molecular formula is C20H21ClN2O4. The summed E-state index contributed by atoms with van der Waals surface area (Å²) in [5.74, 6) is 0.655. The average molecular weight is 389 g/mol. The van der Waals surface area contributed by atoms with Gasteiger partial charge in [-0.15, -0.1) is 0 Å². The number of nitrogens with one attached hydrogen (secondary N) is 1. The van der Waals surface area contributed by atoms with Gasteiger partial charge in [0, 0.05) is 10.7 Å². The van der Waals surface area contributed by atoms with Crippen LogP contribution in [0.1, 0.15) is 12.5 Å². The maximum atomic E-state index is 12.1. The van der Waals surface area contributed by atoms with Crippen LogP contribution in [0.5, 0.6) is 5.75 Å². The maximum Gasteiger partial charge on any atom is 0.414 e. The molecule has 27 heavy (non-hydrogen) atoms. The van der Waals surface area contributed by atoms with Crippen LogP contribution in [0.25, 0.3) is 0 Å². The van der Waals surface area contributed by atoms with Crippen LogP contribution >= 0.6 is 11.6 Å². The zero-order valence-corrected chi connectivity index (χ0v) is 15.7. The standard InChI is InChI=1S/C20H21ClN2O4/c1-2-26-17-9-3-14(4-10-17)11-19(24)22-12-18-13-23(20(25)27-18)16-7-5-15(21)6-8-16/h3-10,18H,2,11-13H2,1H3,(H,22,24)/t18-/m1/s1. The molecule has 2 amide bonds. The van der Waals surface area contributed by atoms with Gasteiger partial charge in [0.1, 0.15) is 11.9 Å². The van der Waals surface area contributed by atoms with Gasteiger partial charge in [0.2, 0.25) is 5.91 Å². The van der Waals surface area contributed by atoms with Gasteiger partial charge in [-0.05, 0) is 48.9 Å². The van der Waals surface area contributed by atoms with Crippen molar-refractivity contribution in [2.24, 2.45) is 0 Å². The van der Waals surface area contributed by atoms with Crippen molar-refractivity contribution in [1.82, 2.24) is 5.32 Å². The monoisotopic (exact) mass is 388 g/mol. The van der Waals surface area contributed by atoms with Crippen LogP contribution < -0.4 is 15.0 Å². The predicted octanol–water partition coefficient (Wildman–Crippen LogP) is 3.42. The van der Waals surface area contributed by atoms with E-state index in [9.17, 15) is 9.59 Å². The number of rotatable bonds is 7. The van der Waals surface area contributed by atoms with Crippen molar-refractivity contribution in [2.45, 2.75) is 19.4 Å². The molecule has 2 aromatic carbocycles. The molecule has 0 unspecified atom stereocenters. The third-order valence-corrected chi connectivity index (χ3v) is 4.39. The lowest BCUT2D eigenvalue weighted by Gasteiger charge is -2.13. The van der Waals surface area contributed by atoms with Gasteiger partial charge in [0.15, 0.2) is 0 Å². The van der Waals surface area contributed by atoms with E-state index in [1.54, 1.807) is 24.3 Å². The lowest BCUT2D eigenvalue weighted by Crippen LogP contribution is -2.35. The SMILES string of the molecule is CCOc1ccc(CC(=O)NC[C@@H]2CN(c3ccc(Cl)cc3)C(=O)O2)cc1. The number of cyclic esters (lactones) is 1. The molecule has 1 saturated heterocycles. The Morgan fingerprint density at radius 2 is 1.93 bits per heavy atom. The van der Waals surface area contributed by atoms with E-state index < -0.39 is 12.2 Å². The van der Waals surface area contributed by atoms with Gasteiger partial charge in [-0.3, -0.25) is 9.69 Å². The number of amides is 2. The molecule has 0 spiro atoms. The Hall–Kier alpha value is -2.73. The first-order valence-corrected chi connectivity index (χ1v) is 9.15. The summed E-state index contributed by atoms with van der Waals surface area (Å²) in [4.78, 5) is 25.7. The molecule has 1 N–H and O–H groups in total. The smallest absolute Gasteiger partial charge is 0.414 e. The molecule has 0 bridgehead atoms. The number of halogens is 1. The normalized spacial score (nSPS) is 16.1. The van der Waals surface area contributed by atoms with E-state index in [1.807, 2.05) is 31.2 Å². The number of ether oxygens (including phenoxy) is 2. The van der Waals surface area contributed by atoms with Crippen LogP contribution in [0.2, 0.25) is 5.02 Å². The first-order valence-electron chi connectivity index (χ1n) is 8.77. The molecule has 1 aliphatic heterocycles. The fourth-order valence-corrected chi connectivity index (χ4v) is 2.93. The van der Waals surface area contributed by atoms with E-state index in [1.165, 1.54) is 4.90 Å². The quantitative estimate of drug-likeness (QED) is 0.789. The van der Waals surface area contributed by atoms with Crippen molar-refractivity contribution in [3.63, 3.8) is 0 Å². The summed E-state index contributed by atoms with van der Waals surface area (Å²) in [6.45, 7) is 3.17. The van der Waals surface area contributed by atoms with Crippen molar-refractivity contribution in [3.8, 4) is 5.75 Å². The second kappa shape index (κ2) is 8.77. The Morgan fingerprint density at radius 1 is 1.22 bits per heavy atom. The summed E-state index contributed by atoms with van der Waals surface area (Å²) in [6, 6.07) is 14.4. The minimum Gasteiger partial charge on any atom is -0.494 e. The Morgan fingerprint density at radius 3 is 2.59 bits per heavy atom. The van der Waals surface area contributed by atoms with E-state index in [0.29, 0.717) is 23.9 Å². The van der Waals surface area contributed by atoms with Crippen LogP contribution in [0.15, 0.2) is 48.5 Å². The van der Waals surface area contributed by atoms with Gasteiger partial charge < -0.3 is 14.8 Å². The van der Waals surface area contributed by atoms with Crippen LogP contribution in [0, 0.1) is 0 Å². The number of nitrogens with zero attached hydrogens (tertiary/aromatic N) is 1. The summed E-state index contributed by atoms with van der Waals surface area (Å²) in [5, 5.41) is 3.42. The third kappa shape index (κ3) is 5.14. The summed E-state index contributed by atoms with van der Waals surface area (Å²) in [7, 11) is 0. The van der Waals surface area contributed by atoms with Gasteiger partial charge in [0.25, 0.3) is 0 Å². The van der Waals surface area contributed by atoms with E-state index >= 15 is 0 Å². The van der Waals surface area contributed by atoms with E-state index in [-0.39, 0.29) is 18.9 Å². The van der Waals surface area contributed by atoms with Gasteiger partial charge >= 0.3 is 6.09 Å². The molecular weight excluding hydrogens is 368 g/mol. The number of carbonyl (C=O) groups excluding carboxylic acids is 2. The van der Waals surface area contributed by atoms with Crippen LogP contribution in [0.3, 0.4) is 0 Å². The molecule has 0 aliphatic carbocycles. The largest absolute Gasteiger partial charge is 0.494 e. The summed E-state index contributed by atoms with van der Waals surface area (Å²) < 4.78 is 10.7. The number of carbonyl (C=O) groups is 2. The lowest BCUT2D eigenvalue weighted by molar-refractivity contribution is -0.120. The molecule has 3 rings (SSSR count). The molecule has 0 saturated carbocycles. The molecule has 1 fully saturated rings. The van der Waals surface area contributed by atoms with Crippen molar-refractivity contribution in [3.05, 3.63) is 59.1 Å². The number of benzene rings is 2. The highest BCUT2D eigenvalue weighted by Crippen LogP contribution is 2.23. The molecule has 1 atom stereocenters. The topological polar surface area (TPSA) is 67.9 Å². The van der Waals surface area contributed by atoms with E-state index in [0.717, 1.165) is 11.3 Å². The Balaban J connectivity index is 1.47. The van der Waals surface area contributed by atoms with Crippen LogP contribution in [-0.4, -0.2) is 37.8 Å². The van der Waals surface area contributed by atoms with Gasteiger partial charge in [0.05, 0.1) is 26.1 Å². The van der Waals surface area contributed by atoms with Gasteiger partial charge in [-0.25, -0.2) is 4.79 Å². The van der Waals surface area contributed by atoms with E-state index in [2.05, 4.69) is 5.32 Å². The zero-order valence-electron chi connectivity index (χ0n) is 15.0. The highest BCUT2D eigenvalue weighted by molar-refractivity contribution is 6.30. The first kappa shape index (κ1) is 19.0. The number of hydrogen-bond acceptors (Lipinski definition) is 4. The highest BCUT2D eigenvalue weighted by Gasteiger charge is 2.32. The Kier molecular flexibility index (Phi) is 6.19. The van der Waals surface area contributed by atoms with Crippen molar-refractivity contribution < 1.29 is 19.1 Å². The summed E-state index contributed by atoms with van der Waals surface area (Å²) in [5.41, 5.74) is 1.61. The van der Waals surface area contributed by atoms with Gasteiger partial charge in [-0.2, -0.15) is 0 Å². The number of hydrogen-bond donors (Lipinski definition) is 1. The van der Waals surface area contributed by atoms with Crippen LogP contribution in [-0.2, 0) is 16.0 Å². The third-order valence-electron chi connectivity index (χ3n) is 4.14. The summed E-state index contributed by atoms with van der Waals surface area (Å²) >= 11 is 5.87. The minimum atomic E-state index is -0.428. The molecule has 2 aromatic rings. The number of anilines is 1. The second-order valence-corrected chi connectivity index (χ2v) is 6.59. The molecule has 142 valence electrons. The molecule has 0 radical (unpaired) electrons.